The molecule has 0 fully saturated rings. The first-order valence-electron chi connectivity index (χ1n) is 6.04. The zero-order valence-corrected chi connectivity index (χ0v) is 9.71. The van der Waals surface area contributed by atoms with Crippen LogP contribution in [0.4, 0.5) is 0 Å². The normalized spacial score (nSPS) is 12.7. The van der Waals surface area contributed by atoms with Gasteiger partial charge in [-0.3, -0.25) is 0 Å². The summed E-state index contributed by atoms with van der Waals surface area (Å²) in [6.45, 7) is 2.19. The van der Waals surface area contributed by atoms with Gasteiger partial charge in [0, 0.05) is 0 Å². The molecule has 0 aromatic heterocycles. The Kier molecular flexibility index (Phi) is 9.59. The van der Waals surface area contributed by atoms with E-state index < -0.39 is 12.1 Å². The second-order valence-corrected chi connectivity index (χ2v) is 4.14. The predicted octanol–water partition coefficient (Wildman–Crippen LogP) is 2.84. The first-order chi connectivity index (χ1) is 7.16. The highest BCUT2D eigenvalue weighted by Crippen LogP contribution is 2.10. The van der Waals surface area contributed by atoms with Gasteiger partial charge in [-0.2, -0.15) is 0 Å². The zero-order valence-electron chi connectivity index (χ0n) is 9.71. The van der Waals surface area contributed by atoms with Crippen LogP contribution in [0.3, 0.4) is 0 Å². The molecule has 1 atom stereocenters. The highest BCUT2D eigenvalue weighted by molar-refractivity contribution is 5.66. The molecule has 0 aromatic carbocycles. The standard InChI is InChI=1S/C12H23O3/c1-2-3-4-5-6-7-8-9-11(13)10-12(14)15/h11,13H,2-10H2,1H3. The molecule has 0 bridgehead atoms. The molecular weight excluding hydrogens is 192 g/mol. The largest absolute Gasteiger partial charge is 0.393 e. The second kappa shape index (κ2) is 9.97. The summed E-state index contributed by atoms with van der Waals surface area (Å²) >= 11 is 0. The maximum absolute atomic E-state index is 10.1. The number of hydrogen-bond acceptors (Lipinski definition) is 2. The van der Waals surface area contributed by atoms with Crippen molar-refractivity contribution in [3.63, 3.8) is 0 Å². The third-order valence-electron chi connectivity index (χ3n) is 2.54. The van der Waals surface area contributed by atoms with E-state index in [9.17, 15) is 15.0 Å². The summed E-state index contributed by atoms with van der Waals surface area (Å²) in [5.41, 5.74) is 0. The number of unbranched alkanes of at least 4 members (excludes halogenated alkanes) is 6. The fourth-order valence-electron chi connectivity index (χ4n) is 1.63. The Balaban J connectivity index is 3.13. The molecule has 0 rings (SSSR count). The van der Waals surface area contributed by atoms with Crippen molar-refractivity contribution in [2.75, 3.05) is 0 Å². The molecule has 3 heteroatoms. The van der Waals surface area contributed by atoms with Crippen LogP contribution in [0.25, 0.3) is 0 Å². The van der Waals surface area contributed by atoms with Crippen LogP contribution in [0.1, 0.15) is 64.7 Å². The van der Waals surface area contributed by atoms with E-state index >= 15 is 0 Å². The summed E-state index contributed by atoms with van der Waals surface area (Å²) in [4.78, 5) is 10.1. The summed E-state index contributed by atoms with van der Waals surface area (Å²) in [6, 6.07) is 0. The molecule has 1 N–H and O–H groups in total. The van der Waals surface area contributed by atoms with Gasteiger partial charge >= 0.3 is 5.97 Å². The molecular formula is C12H23O3. The average molecular weight is 215 g/mol. The molecule has 0 aliphatic heterocycles. The minimum atomic E-state index is -1.16. The number of aliphatic hydroxyl groups is 1. The number of rotatable bonds is 10. The monoisotopic (exact) mass is 215 g/mol. The van der Waals surface area contributed by atoms with Crippen LogP contribution in [-0.2, 0) is 9.90 Å². The van der Waals surface area contributed by atoms with Gasteiger partial charge in [-0.1, -0.05) is 51.9 Å². The molecule has 15 heavy (non-hydrogen) atoms. The van der Waals surface area contributed by atoms with Gasteiger partial charge in [-0.25, -0.2) is 9.90 Å². The van der Waals surface area contributed by atoms with E-state index in [1.807, 2.05) is 0 Å². The maximum atomic E-state index is 10.1. The smallest absolute Gasteiger partial charge is 0.358 e. The van der Waals surface area contributed by atoms with Gasteiger partial charge in [-0.15, -0.1) is 0 Å². The number of aliphatic hydroxyl groups excluding tert-OH is 1. The van der Waals surface area contributed by atoms with Crippen molar-refractivity contribution in [2.24, 2.45) is 0 Å². The minimum Gasteiger partial charge on any atom is -0.393 e. The van der Waals surface area contributed by atoms with Crippen molar-refractivity contribution in [3.8, 4) is 0 Å². The molecule has 89 valence electrons. The Labute approximate surface area is 92.5 Å². The van der Waals surface area contributed by atoms with Crippen LogP contribution in [0.15, 0.2) is 0 Å². The molecule has 0 saturated carbocycles. The van der Waals surface area contributed by atoms with Gasteiger partial charge in [0.05, 0.1) is 12.5 Å². The fraction of sp³-hybridized carbons (Fsp3) is 0.917. The van der Waals surface area contributed by atoms with E-state index in [1.54, 1.807) is 0 Å². The molecule has 1 unspecified atom stereocenters. The van der Waals surface area contributed by atoms with Crippen LogP contribution < -0.4 is 0 Å². The van der Waals surface area contributed by atoms with Crippen molar-refractivity contribution in [3.05, 3.63) is 0 Å². The fourth-order valence-corrected chi connectivity index (χ4v) is 1.63. The van der Waals surface area contributed by atoms with Crippen LogP contribution in [0.5, 0.6) is 0 Å². The van der Waals surface area contributed by atoms with E-state index in [0.29, 0.717) is 6.42 Å². The third-order valence-corrected chi connectivity index (χ3v) is 2.54. The van der Waals surface area contributed by atoms with Gasteiger partial charge in [0.15, 0.2) is 0 Å². The van der Waals surface area contributed by atoms with Crippen molar-refractivity contribution in [1.82, 2.24) is 0 Å². The highest BCUT2D eigenvalue weighted by Gasteiger charge is 2.09. The molecule has 0 aliphatic carbocycles. The van der Waals surface area contributed by atoms with Crippen molar-refractivity contribution < 1.29 is 15.0 Å². The summed E-state index contributed by atoms with van der Waals surface area (Å²) in [6.07, 6.45) is 7.94. The molecule has 0 amide bonds. The lowest BCUT2D eigenvalue weighted by Gasteiger charge is -2.06. The third kappa shape index (κ3) is 11.4. The number of hydrogen-bond donors (Lipinski definition) is 1. The lowest BCUT2D eigenvalue weighted by atomic mass is 10.1. The van der Waals surface area contributed by atoms with E-state index in [1.165, 1.54) is 32.1 Å². The maximum Gasteiger partial charge on any atom is 0.358 e. The lowest BCUT2D eigenvalue weighted by molar-refractivity contribution is -0.145. The summed E-state index contributed by atoms with van der Waals surface area (Å²) < 4.78 is 0. The average Bonchev–Trinajstić information content (AvgIpc) is 2.15. The van der Waals surface area contributed by atoms with E-state index in [0.717, 1.165) is 12.8 Å². The topological polar surface area (TPSA) is 57.2 Å². The van der Waals surface area contributed by atoms with Crippen LogP contribution in [0.2, 0.25) is 0 Å². The lowest BCUT2D eigenvalue weighted by Crippen LogP contribution is -2.11. The van der Waals surface area contributed by atoms with Crippen molar-refractivity contribution >= 4 is 5.97 Å². The van der Waals surface area contributed by atoms with E-state index in [2.05, 4.69) is 6.92 Å². The van der Waals surface area contributed by atoms with Gasteiger partial charge in [0.25, 0.3) is 0 Å². The van der Waals surface area contributed by atoms with E-state index in [-0.39, 0.29) is 6.42 Å². The van der Waals surface area contributed by atoms with Crippen LogP contribution in [-0.4, -0.2) is 17.2 Å². The Hall–Kier alpha value is -0.570. The molecule has 3 nitrogen and oxygen atoms in total. The zero-order chi connectivity index (χ0) is 11.5. The summed E-state index contributed by atoms with van der Waals surface area (Å²) in [5.74, 6) is -1.16. The Bertz CT molecular complexity index is 157. The van der Waals surface area contributed by atoms with Gasteiger partial charge in [0.1, 0.15) is 0 Å². The highest BCUT2D eigenvalue weighted by atomic mass is 16.4. The first kappa shape index (κ1) is 14.4. The predicted molar refractivity (Wildman–Crippen MR) is 58.9 cm³/mol. The van der Waals surface area contributed by atoms with Crippen molar-refractivity contribution in [1.29, 1.82) is 0 Å². The number of carbonyl (C=O) groups excluding carboxylic acids is 1. The number of carbonyl (C=O) groups is 1. The van der Waals surface area contributed by atoms with Gasteiger partial charge in [0.2, 0.25) is 0 Å². The van der Waals surface area contributed by atoms with E-state index in [4.69, 9.17) is 0 Å². The molecule has 1 radical (unpaired) electrons. The van der Waals surface area contributed by atoms with Crippen LogP contribution >= 0.6 is 0 Å². The molecule has 0 saturated heterocycles. The van der Waals surface area contributed by atoms with Crippen molar-refractivity contribution in [2.45, 2.75) is 70.8 Å². The molecule has 0 spiro atoms. The minimum absolute atomic E-state index is 0.226. The Morgan fingerprint density at radius 1 is 1.07 bits per heavy atom. The first-order valence-corrected chi connectivity index (χ1v) is 6.04. The van der Waals surface area contributed by atoms with Gasteiger partial charge in [-0.05, 0) is 6.42 Å². The Morgan fingerprint density at radius 3 is 2.13 bits per heavy atom. The Morgan fingerprint density at radius 2 is 1.60 bits per heavy atom. The molecule has 0 heterocycles. The van der Waals surface area contributed by atoms with Gasteiger partial charge < -0.3 is 5.11 Å². The molecule has 0 aromatic rings. The summed E-state index contributed by atoms with van der Waals surface area (Å²) in [5, 5.41) is 19.4. The van der Waals surface area contributed by atoms with Crippen LogP contribution in [0, 0.1) is 0 Å². The second-order valence-electron chi connectivity index (χ2n) is 4.14. The quantitative estimate of drug-likeness (QED) is 0.570. The SMILES string of the molecule is CCCCCCCCCC(O)CC([O])=O. The summed E-state index contributed by atoms with van der Waals surface area (Å²) in [7, 11) is 0. The molecule has 0 aliphatic rings.